The van der Waals surface area contributed by atoms with Crippen LogP contribution >= 0.6 is 11.6 Å². The second-order valence-corrected chi connectivity index (χ2v) is 4.71. The minimum absolute atomic E-state index is 0.00977. The molecule has 3 aromatic rings. The summed E-state index contributed by atoms with van der Waals surface area (Å²) >= 11 is 5.89. The number of fused-ring (bicyclic) bond motifs is 1. The molecule has 0 saturated heterocycles. The molecule has 1 amide bonds. The minimum Gasteiger partial charge on any atom is -0.360 e. The molecule has 1 heterocycles. The third-order valence-electron chi connectivity index (χ3n) is 3.04. The Hall–Kier alpha value is -2.33. The molecule has 1 aromatic heterocycles. The smallest absolute Gasteiger partial charge is 0.257 e. The van der Waals surface area contributed by atoms with Gasteiger partial charge in [-0.2, -0.15) is 0 Å². The molecule has 0 aliphatic rings. The Balaban J connectivity index is 1.98. The molecule has 0 radical (unpaired) electrons. The molecule has 0 bridgehead atoms. The van der Waals surface area contributed by atoms with Gasteiger partial charge in [0.2, 0.25) is 0 Å². The summed E-state index contributed by atoms with van der Waals surface area (Å²) in [5, 5.41) is 3.45. The number of anilines is 1. The lowest BCUT2D eigenvalue weighted by Gasteiger charge is -2.07. The van der Waals surface area contributed by atoms with Crippen LogP contribution in [0.15, 0.2) is 48.7 Å². The maximum absolute atomic E-state index is 13.7. The van der Waals surface area contributed by atoms with Crippen molar-refractivity contribution < 1.29 is 9.18 Å². The predicted octanol–water partition coefficient (Wildman–Crippen LogP) is 4.21. The molecular formula is C15H10ClFN2O. The van der Waals surface area contributed by atoms with Gasteiger partial charge in [-0.3, -0.25) is 4.79 Å². The van der Waals surface area contributed by atoms with Crippen LogP contribution in [-0.4, -0.2) is 10.9 Å². The van der Waals surface area contributed by atoms with Crippen LogP contribution in [0.1, 0.15) is 10.4 Å². The molecule has 3 nitrogen and oxygen atoms in total. The van der Waals surface area contributed by atoms with Crippen molar-refractivity contribution in [2.24, 2.45) is 0 Å². The second kappa shape index (κ2) is 4.98. The molecule has 0 spiro atoms. The third kappa shape index (κ3) is 2.14. The van der Waals surface area contributed by atoms with E-state index in [0.29, 0.717) is 5.56 Å². The molecule has 3 rings (SSSR count). The fraction of sp³-hybridized carbons (Fsp3) is 0. The highest BCUT2D eigenvalue weighted by molar-refractivity contribution is 6.34. The van der Waals surface area contributed by atoms with E-state index in [-0.39, 0.29) is 10.7 Å². The van der Waals surface area contributed by atoms with Gasteiger partial charge in [0.1, 0.15) is 5.82 Å². The first kappa shape index (κ1) is 12.7. The van der Waals surface area contributed by atoms with E-state index in [1.165, 1.54) is 18.2 Å². The molecule has 0 unspecified atom stereocenters. The number of H-pyrrole nitrogens is 1. The van der Waals surface area contributed by atoms with Crippen LogP contribution < -0.4 is 5.32 Å². The van der Waals surface area contributed by atoms with E-state index in [1.807, 2.05) is 24.3 Å². The van der Waals surface area contributed by atoms with Crippen LogP contribution in [0.5, 0.6) is 0 Å². The van der Waals surface area contributed by atoms with Gasteiger partial charge >= 0.3 is 0 Å². The highest BCUT2D eigenvalue weighted by atomic mass is 35.5. The fourth-order valence-electron chi connectivity index (χ4n) is 2.06. The Morgan fingerprint density at radius 1 is 1.15 bits per heavy atom. The zero-order valence-corrected chi connectivity index (χ0v) is 11.0. The Labute approximate surface area is 119 Å². The molecule has 20 heavy (non-hydrogen) atoms. The van der Waals surface area contributed by atoms with E-state index in [0.717, 1.165) is 10.9 Å². The van der Waals surface area contributed by atoms with Crippen molar-refractivity contribution in [3.05, 3.63) is 65.1 Å². The van der Waals surface area contributed by atoms with Crippen LogP contribution in [-0.2, 0) is 0 Å². The number of aromatic nitrogens is 1. The van der Waals surface area contributed by atoms with Crippen molar-refractivity contribution in [1.82, 2.24) is 4.98 Å². The first-order valence-corrected chi connectivity index (χ1v) is 6.36. The predicted molar refractivity (Wildman–Crippen MR) is 77.7 cm³/mol. The summed E-state index contributed by atoms with van der Waals surface area (Å²) in [5.41, 5.74) is 1.28. The summed E-state index contributed by atoms with van der Waals surface area (Å²) in [6.07, 6.45) is 1.59. The maximum atomic E-state index is 13.7. The van der Waals surface area contributed by atoms with Crippen molar-refractivity contribution in [2.45, 2.75) is 0 Å². The average Bonchev–Trinajstić information content (AvgIpc) is 2.87. The summed E-state index contributed by atoms with van der Waals surface area (Å²) in [5.74, 6) is -0.972. The number of halogens is 2. The van der Waals surface area contributed by atoms with Gasteiger partial charge in [-0.05, 0) is 18.2 Å². The molecule has 0 saturated carbocycles. The van der Waals surface area contributed by atoms with E-state index in [9.17, 15) is 9.18 Å². The summed E-state index contributed by atoms with van der Waals surface area (Å²) in [4.78, 5) is 15.2. The Morgan fingerprint density at radius 3 is 2.75 bits per heavy atom. The van der Waals surface area contributed by atoms with Crippen LogP contribution in [0.4, 0.5) is 10.1 Å². The molecular weight excluding hydrogens is 279 g/mol. The molecule has 0 atom stereocenters. The van der Waals surface area contributed by atoms with Gasteiger partial charge in [0.25, 0.3) is 5.91 Å². The SMILES string of the molecule is O=C(Nc1c(F)cccc1Cl)c1c[nH]c2ccccc12. The quantitative estimate of drug-likeness (QED) is 0.729. The van der Waals surface area contributed by atoms with Gasteiger partial charge in [0, 0.05) is 17.1 Å². The number of benzene rings is 2. The average molecular weight is 289 g/mol. The molecule has 5 heteroatoms. The Kier molecular flexibility index (Phi) is 3.16. The van der Waals surface area contributed by atoms with Crippen molar-refractivity contribution >= 4 is 34.1 Å². The topological polar surface area (TPSA) is 44.9 Å². The van der Waals surface area contributed by atoms with Crippen LogP contribution in [0.25, 0.3) is 10.9 Å². The van der Waals surface area contributed by atoms with Gasteiger partial charge < -0.3 is 10.3 Å². The lowest BCUT2D eigenvalue weighted by molar-refractivity contribution is 0.102. The van der Waals surface area contributed by atoms with E-state index in [4.69, 9.17) is 11.6 Å². The van der Waals surface area contributed by atoms with E-state index in [2.05, 4.69) is 10.3 Å². The molecule has 0 aliphatic carbocycles. The minimum atomic E-state index is -0.564. The molecule has 2 aromatic carbocycles. The first-order chi connectivity index (χ1) is 9.66. The summed E-state index contributed by atoms with van der Waals surface area (Å²) < 4.78 is 13.7. The van der Waals surface area contributed by atoms with Crippen molar-refractivity contribution in [3.63, 3.8) is 0 Å². The number of rotatable bonds is 2. The Morgan fingerprint density at radius 2 is 1.95 bits per heavy atom. The Bertz CT molecular complexity index is 777. The van der Waals surface area contributed by atoms with Gasteiger partial charge in [-0.1, -0.05) is 35.9 Å². The van der Waals surface area contributed by atoms with Crippen LogP contribution in [0.2, 0.25) is 5.02 Å². The van der Waals surface area contributed by atoms with Gasteiger partial charge in [-0.15, -0.1) is 0 Å². The number of nitrogens with one attached hydrogen (secondary N) is 2. The summed E-state index contributed by atoms with van der Waals surface area (Å²) in [6, 6.07) is 11.6. The fourth-order valence-corrected chi connectivity index (χ4v) is 2.27. The third-order valence-corrected chi connectivity index (χ3v) is 3.35. The van der Waals surface area contributed by atoms with Gasteiger partial charge in [0.15, 0.2) is 0 Å². The van der Waals surface area contributed by atoms with E-state index < -0.39 is 11.7 Å². The summed E-state index contributed by atoms with van der Waals surface area (Å²) in [7, 11) is 0. The number of aromatic amines is 1. The van der Waals surface area contributed by atoms with Gasteiger partial charge in [-0.25, -0.2) is 4.39 Å². The van der Waals surface area contributed by atoms with Crippen molar-refractivity contribution in [2.75, 3.05) is 5.32 Å². The second-order valence-electron chi connectivity index (χ2n) is 4.30. The standard InChI is InChI=1S/C15H10ClFN2O/c16-11-5-3-6-12(17)14(11)19-15(20)10-8-18-13-7-2-1-4-9(10)13/h1-8,18H,(H,19,20). The first-order valence-electron chi connectivity index (χ1n) is 5.98. The van der Waals surface area contributed by atoms with Crippen molar-refractivity contribution in [1.29, 1.82) is 0 Å². The number of carbonyl (C=O) groups excluding carboxylic acids is 1. The number of hydrogen-bond acceptors (Lipinski definition) is 1. The highest BCUT2D eigenvalue weighted by Gasteiger charge is 2.15. The molecule has 100 valence electrons. The lowest BCUT2D eigenvalue weighted by Crippen LogP contribution is -2.12. The number of hydrogen-bond donors (Lipinski definition) is 2. The molecule has 2 N–H and O–H groups in total. The molecule has 0 aliphatic heterocycles. The largest absolute Gasteiger partial charge is 0.360 e. The zero-order valence-electron chi connectivity index (χ0n) is 10.3. The van der Waals surface area contributed by atoms with Crippen LogP contribution in [0, 0.1) is 5.82 Å². The zero-order chi connectivity index (χ0) is 14.1. The highest BCUT2D eigenvalue weighted by Crippen LogP contribution is 2.26. The number of para-hydroxylation sites is 2. The summed E-state index contributed by atoms with van der Waals surface area (Å²) in [6.45, 7) is 0. The van der Waals surface area contributed by atoms with E-state index >= 15 is 0 Å². The monoisotopic (exact) mass is 288 g/mol. The van der Waals surface area contributed by atoms with Gasteiger partial charge in [0.05, 0.1) is 16.3 Å². The number of carbonyl (C=O) groups is 1. The maximum Gasteiger partial charge on any atom is 0.257 e. The van der Waals surface area contributed by atoms with E-state index in [1.54, 1.807) is 6.20 Å². The van der Waals surface area contributed by atoms with Crippen molar-refractivity contribution in [3.8, 4) is 0 Å². The van der Waals surface area contributed by atoms with Crippen LogP contribution in [0.3, 0.4) is 0 Å². The normalized spacial score (nSPS) is 10.7. The number of amides is 1. The lowest BCUT2D eigenvalue weighted by atomic mass is 10.1. The molecule has 0 fully saturated rings.